The molecule has 1 N–H and O–H groups in total. The Morgan fingerprint density at radius 1 is 1.04 bits per heavy atom. The summed E-state index contributed by atoms with van der Waals surface area (Å²) < 4.78 is 12.7. The Morgan fingerprint density at radius 2 is 1.74 bits per heavy atom. The van der Waals surface area contributed by atoms with Crippen LogP contribution in [0.3, 0.4) is 0 Å². The molecule has 0 bridgehead atoms. The van der Waals surface area contributed by atoms with Gasteiger partial charge in [0.05, 0.1) is 25.9 Å². The lowest BCUT2D eigenvalue weighted by atomic mass is 10.1. The molecule has 0 spiro atoms. The fraction of sp³-hybridized carbons (Fsp3) is 0.652. The highest BCUT2D eigenvalue weighted by molar-refractivity contribution is 6.74. The highest BCUT2D eigenvalue weighted by atomic mass is 28.4. The SMILES string of the molecule is CC(C)(C)[Si](C)(C)O[C@@H](CCCCC/C=C/CO)COCc1ccccc1. The summed E-state index contributed by atoms with van der Waals surface area (Å²) in [6.07, 6.45) is 9.64. The lowest BCUT2D eigenvalue weighted by molar-refractivity contribution is 0.0294. The molecule has 0 saturated heterocycles. The van der Waals surface area contributed by atoms with Crippen LogP contribution in [0.2, 0.25) is 18.1 Å². The van der Waals surface area contributed by atoms with E-state index in [0.29, 0.717) is 13.2 Å². The molecule has 0 saturated carbocycles. The predicted octanol–water partition coefficient (Wildman–Crippen LogP) is 6.09. The lowest BCUT2D eigenvalue weighted by Crippen LogP contribution is -2.45. The minimum absolute atomic E-state index is 0.140. The molecular formula is C23H40O3Si. The van der Waals surface area contributed by atoms with Crippen molar-refractivity contribution in [3.8, 4) is 0 Å². The van der Waals surface area contributed by atoms with Crippen molar-refractivity contribution < 1.29 is 14.3 Å². The Kier molecular flexibility index (Phi) is 11.2. The van der Waals surface area contributed by atoms with Gasteiger partial charge in [0, 0.05) is 0 Å². The monoisotopic (exact) mass is 392 g/mol. The minimum atomic E-state index is -1.80. The van der Waals surface area contributed by atoms with Crippen LogP contribution >= 0.6 is 0 Å². The number of benzene rings is 1. The maximum Gasteiger partial charge on any atom is 0.192 e. The number of ether oxygens (including phenoxy) is 1. The fourth-order valence-corrected chi connectivity index (χ4v) is 4.03. The molecule has 0 aromatic heterocycles. The molecule has 0 aliphatic rings. The van der Waals surface area contributed by atoms with Gasteiger partial charge in [0.15, 0.2) is 8.32 Å². The molecule has 0 aliphatic carbocycles. The topological polar surface area (TPSA) is 38.7 Å². The molecule has 0 radical (unpaired) electrons. The summed E-state index contributed by atoms with van der Waals surface area (Å²) in [5.41, 5.74) is 1.21. The molecule has 0 amide bonds. The summed E-state index contributed by atoms with van der Waals surface area (Å²) in [5.74, 6) is 0. The van der Waals surface area contributed by atoms with Crippen molar-refractivity contribution in [2.24, 2.45) is 0 Å². The largest absolute Gasteiger partial charge is 0.412 e. The van der Waals surface area contributed by atoms with Crippen LogP contribution in [0.4, 0.5) is 0 Å². The van der Waals surface area contributed by atoms with Gasteiger partial charge in [0.1, 0.15) is 0 Å². The quantitative estimate of drug-likeness (QED) is 0.251. The van der Waals surface area contributed by atoms with Gasteiger partial charge in [-0.3, -0.25) is 0 Å². The van der Waals surface area contributed by atoms with E-state index in [-0.39, 0.29) is 17.7 Å². The third-order valence-corrected chi connectivity index (χ3v) is 9.89. The van der Waals surface area contributed by atoms with E-state index < -0.39 is 8.32 Å². The van der Waals surface area contributed by atoms with E-state index in [0.717, 1.165) is 25.7 Å². The number of rotatable bonds is 13. The van der Waals surface area contributed by atoms with Crippen molar-refractivity contribution in [3.63, 3.8) is 0 Å². The van der Waals surface area contributed by atoms with Crippen molar-refractivity contribution in [1.29, 1.82) is 0 Å². The van der Waals surface area contributed by atoms with Crippen LogP contribution in [0.1, 0.15) is 58.4 Å². The van der Waals surface area contributed by atoms with Crippen LogP contribution in [0.5, 0.6) is 0 Å². The molecule has 0 fully saturated rings. The van der Waals surface area contributed by atoms with Gasteiger partial charge >= 0.3 is 0 Å². The van der Waals surface area contributed by atoms with Crippen LogP contribution in [-0.4, -0.2) is 32.7 Å². The van der Waals surface area contributed by atoms with Crippen molar-refractivity contribution in [1.82, 2.24) is 0 Å². The molecule has 1 rings (SSSR count). The number of unbranched alkanes of at least 4 members (excludes halogenated alkanes) is 3. The zero-order valence-electron chi connectivity index (χ0n) is 18.0. The average molecular weight is 393 g/mol. The van der Waals surface area contributed by atoms with Crippen molar-refractivity contribution >= 4 is 8.32 Å². The van der Waals surface area contributed by atoms with Crippen molar-refractivity contribution in [3.05, 3.63) is 48.0 Å². The van der Waals surface area contributed by atoms with E-state index in [2.05, 4.69) is 52.1 Å². The second-order valence-corrected chi connectivity index (χ2v) is 13.5. The van der Waals surface area contributed by atoms with E-state index in [4.69, 9.17) is 14.3 Å². The Hall–Kier alpha value is -0.943. The summed E-state index contributed by atoms with van der Waals surface area (Å²) in [4.78, 5) is 0. The van der Waals surface area contributed by atoms with E-state index in [9.17, 15) is 0 Å². The van der Waals surface area contributed by atoms with Crippen LogP contribution in [0.25, 0.3) is 0 Å². The number of hydrogen-bond donors (Lipinski definition) is 1. The smallest absolute Gasteiger partial charge is 0.192 e. The number of allylic oxidation sites excluding steroid dienone is 1. The second kappa shape index (κ2) is 12.5. The maximum atomic E-state index is 8.77. The van der Waals surface area contributed by atoms with Gasteiger partial charge in [-0.15, -0.1) is 0 Å². The maximum absolute atomic E-state index is 8.77. The van der Waals surface area contributed by atoms with Gasteiger partial charge in [0.2, 0.25) is 0 Å². The summed E-state index contributed by atoms with van der Waals surface area (Å²) >= 11 is 0. The van der Waals surface area contributed by atoms with E-state index in [1.807, 2.05) is 24.3 Å². The average Bonchev–Trinajstić information content (AvgIpc) is 2.60. The molecule has 4 heteroatoms. The van der Waals surface area contributed by atoms with Gasteiger partial charge in [-0.05, 0) is 43.0 Å². The molecule has 27 heavy (non-hydrogen) atoms. The third-order valence-electron chi connectivity index (χ3n) is 5.35. The normalized spacial score (nSPS) is 14.0. The van der Waals surface area contributed by atoms with Crippen molar-refractivity contribution in [2.45, 2.75) is 83.7 Å². The lowest BCUT2D eigenvalue weighted by Gasteiger charge is -2.39. The molecule has 3 nitrogen and oxygen atoms in total. The fourth-order valence-electron chi connectivity index (χ4n) is 2.66. The van der Waals surface area contributed by atoms with Crippen LogP contribution < -0.4 is 0 Å². The van der Waals surface area contributed by atoms with Gasteiger partial charge in [-0.2, -0.15) is 0 Å². The molecular weight excluding hydrogens is 352 g/mol. The van der Waals surface area contributed by atoms with E-state index >= 15 is 0 Å². The van der Waals surface area contributed by atoms with E-state index in [1.165, 1.54) is 12.0 Å². The molecule has 154 valence electrons. The standard InChI is InChI=1S/C23H40O3Si/c1-23(2,3)27(4,5)26-22(17-13-8-6-7-9-14-18-24)20-25-19-21-15-11-10-12-16-21/h9-12,14-16,22,24H,6-8,13,17-20H2,1-5H3/b14-9+/t22-/m0/s1. The van der Waals surface area contributed by atoms with E-state index in [1.54, 1.807) is 0 Å². The predicted molar refractivity (Wildman–Crippen MR) is 117 cm³/mol. The first-order chi connectivity index (χ1) is 12.8. The summed E-state index contributed by atoms with van der Waals surface area (Å²) in [5, 5.41) is 8.98. The first-order valence-corrected chi connectivity index (χ1v) is 13.2. The molecule has 0 unspecified atom stereocenters. The number of aliphatic hydroxyl groups is 1. The number of hydrogen-bond acceptors (Lipinski definition) is 3. The molecule has 1 atom stereocenters. The minimum Gasteiger partial charge on any atom is -0.412 e. The Morgan fingerprint density at radius 3 is 2.37 bits per heavy atom. The Labute approximate surface area is 167 Å². The first kappa shape index (κ1) is 24.1. The van der Waals surface area contributed by atoms with Gasteiger partial charge in [-0.25, -0.2) is 0 Å². The highest BCUT2D eigenvalue weighted by Gasteiger charge is 2.39. The van der Waals surface area contributed by atoms with Gasteiger partial charge < -0.3 is 14.3 Å². The highest BCUT2D eigenvalue weighted by Crippen LogP contribution is 2.37. The molecule has 1 aromatic rings. The van der Waals surface area contributed by atoms with Crippen LogP contribution in [0, 0.1) is 0 Å². The summed E-state index contributed by atoms with van der Waals surface area (Å²) in [7, 11) is -1.80. The molecule has 0 heterocycles. The van der Waals surface area contributed by atoms with Crippen LogP contribution in [-0.2, 0) is 15.8 Å². The summed E-state index contributed by atoms with van der Waals surface area (Å²) in [6, 6.07) is 10.3. The Balaban J connectivity index is 2.48. The summed E-state index contributed by atoms with van der Waals surface area (Å²) in [6.45, 7) is 12.9. The molecule has 0 aliphatic heterocycles. The second-order valence-electron chi connectivity index (χ2n) is 8.79. The Bertz CT molecular complexity index is 520. The number of aliphatic hydroxyl groups excluding tert-OH is 1. The zero-order valence-corrected chi connectivity index (χ0v) is 19.0. The zero-order chi connectivity index (χ0) is 20.2. The van der Waals surface area contributed by atoms with Gasteiger partial charge in [0.25, 0.3) is 0 Å². The molecule has 1 aromatic carbocycles. The van der Waals surface area contributed by atoms with Gasteiger partial charge in [-0.1, -0.05) is 76.1 Å². The third kappa shape index (κ3) is 10.2. The van der Waals surface area contributed by atoms with Crippen molar-refractivity contribution in [2.75, 3.05) is 13.2 Å². The van der Waals surface area contributed by atoms with Crippen LogP contribution in [0.15, 0.2) is 42.5 Å². The first-order valence-electron chi connectivity index (χ1n) is 10.3.